The maximum atomic E-state index is 11.9. The predicted octanol–water partition coefficient (Wildman–Crippen LogP) is 1.22. The number of rotatable bonds is 6. The van der Waals surface area contributed by atoms with Gasteiger partial charge in [-0.3, -0.25) is 14.9 Å². The molecular formula is C14H20ClN3O3S. The van der Waals surface area contributed by atoms with Crippen molar-refractivity contribution < 1.29 is 14.3 Å². The molecule has 122 valence electrons. The number of hydrogen-bond donors (Lipinski definition) is 3. The third-order valence-corrected chi connectivity index (χ3v) is 3.97. The van der Waals surface area contributed by atoms with Crippen molar-refractivity contribution in [2.24, 2.45) is 0 Å². The molecule has 0 spiro atoms. The smallest absolute Gasteiger partial charge is 0.242 e. The SMILES string of the molecule is CNC(=O)CCOc1ccc(NC(=O)C2CSCN2)cc1.Cl. The van der Waals surface area contributed by atoms with Crippen LogP contribution in [0.25, 0.3) is 0 Å². The van der Waals surface area contributed by atoms with Gasteiger partial charge in [-0.2, -0.15) is 0 Å². The first-order valence-corrected chi connectivity index (χ1v) is 7.90. The topological polar surface area (TPSA) is 79.5 Å². The lowest BCUT2D eigenvalue weighted by molar-refractivity contribution is -0.121. The number of carbonyl (C=O) groups excluding carboxylic acids is 2. The van der Waals surface area contributed by atoms with Gasteiger partial charge in [-0.25, -0.2) is 0 Å². The molecule has 3 N–H and O–H groups in total. The molecule has 1 unspecified atom stereocenters. The van der Waals surface area contributed by atoms with E-state index in [-0.39, 0.29) is 30.3 Å². The number of thioether (sulfide) groups is 1. The Morgan fingerprint density at radius 3 is 2.68 bits per heavy atom. The van der Waals surface area contributed by atoms with Gasteiger partial charge in [-0.1, -0.05) is 0 Å². The molecule has 1 aliphatic heterocycles. The lowest BCUT2D eigenvalue weighted by Crippen LogP contribution is -2.37. The van der Waals surface area contributed by atoms with Gasteiger partial charge < -0.3 is 15.4 Å². The first-order valence-electron chi connectivity index (χ1n) is 6.74. The molecule has 1 aromatic rings. The van der Waals surface area contributed by atoms with Crippen LogP contribution in [-0.2, 0) is 9.59 Å². The number of nitrogens with one attached hydrogen (secondary N) is 3. The third-order valence-electron chi connectivity index (χ3n) is 3.03. The highest BCUT2D eigenvalue weighted by molar-refractivity contribution is 7.99. The predicted molar refractivity (Wildman–Crippen MR) is 90.7 cm³/mol. The van der Waals surface area contributed by atoms with Crippen LogP contribution >= 0.6 is 24.2 Å². The van der Waals surface area contributed by atoms with Crippen molar-refractivity contribution in [2.75, 3.05) is 30.6 Å². The number of halogens is 1. The Morgan fingerprint density at radius 2 is 2.09 bits per heavy atom. The lowest BCUT2D eigenvalue weighted by atomic mass is 10.2. The van der Waals surface area contributed by atoms with Gasteiger partial charge in [-0.15, -0.1) is 24.2 Å². The third kappa shape index (κ3) is 5.75. The normalized spacial score (nSPS) is 16.5. The van der Waals surface area contributed by atoms with Crippen molar-refractivity contribution in [3.8, 4) is 5.75 Å². The Morgan fingerprint density at radius 1 is 1.36 bits per heavy atom. The summed E-state index contributed by atoms with van der Waals surface area (Å²) in [5.41, 5.74) is 0.734. The molecule has 1 atom stereocenters. The summed E-state index contributed by atoms with van der Waals surface area (Å²) in [4.78, 5) is 23.0. The molecule has 2 rings (SSSR count). The van der Waals surface area contributed by atoms with E-state index in [2.05, 4.69) is 16.0 Å². The highest BCUT2D eigenvalue weighted by Crippen LogP contribution is 2.17. The van der Waals surface area contributed by atoms with Crippen molar-refractivity contribution in [3.63, 3.8) is 0 Å². The van der Waals surface area contributed by atoms with Crippen LogP contribution in [0.4, 0.5) is 5.69 Å². The van der Waals surface area contributed by atoms with E-state index in [1.165, 1.54) is 0 Å². The van der Waals surface area contributed by atoms with Crippen LogP contribution in [0.3, 0.4) is 0 Å². The molecule has 0 radical (unpaired) electrons. The van der Waals surface area contributed by atoms with Crippen LogP contribution in [0, 0.1) is 0 Å². The molecule has 1 aromatic carbocycles. The van der Waals surface area contributed by atoms with Gasteiger partial charge in [0.15, 0.2) is 0 Å². The van der Waals surface area contributed by atoms with Gasteiger partial charge in [0.25, 0.3) is 0 Å². The fraction of sp³-hybridized carbons (Fsp3) is 0.429. The second kappa shape index (κ2) is 9.55. The first kappa shape index (κ1) is 18.6. The zero-order valence-corrected chi connectivity index (χ0v) is 13.9. The molecule has 22 heavy (non-hydrogen) atoms. The minimum Gasteiger partial charge on any atom is -0.493 e. The van der Waals surface area contributed by atoms with Crippen molar-refractivity contribution in [2.45, 2.75) is 12.5 Å². The minimum absolute atomic E-state index is 0. The highest BCUT2D eigenvalue weighted by atomic mass is 35.5. The van der Waals surface area contributed by atoms with Gasteiger partial charge in [0, 0.05) is 24.4 Å². The molecule has 8 heteroatoms. The molecule has 1 aliphatic rings. The quantitative estimate of drug-likeness (QED) is 0.722. The van der Waals surface area contributed by atoms with Gasteiger partial charge in [0.1, 0.15) is 5.75 Å². The number of carbonyl (C=O) groups is 2. The van der Waals surface area contributed by atoms with Gasteiger partial charge in [0.05, 0.1) is 19.1 Å². The Balaban J connectivity index is 0.00000242. The van der Waals surface area contributed by atoms with Crippen molar-refractivity contribution >= 4 is 41.7 Å². The average molecular weight is 346 g/mol. The molecule has 0 bridgehead atoms. The standard InChI is InChI=1S/C14H19N3O3S.ClH/c1-15-13(18)6-7-20-11-4-2-10(3-5-11)17-14(19)12-8-21-9-16-12;/h2-5,12,16H,6-9H2,1H3,(H,15,18)(H,17,19);1H. The molecule has 0 aliphatic carbocycles. The Labute approximate surface area is 140 Å². The average Bonchev–Trinajstić information content (AvgIpc) is 3.03. The summed E-state index contributed by atoms with van der Waals surface area (Å²) in [7, 11) is 1.59. The van der Waals surface area contributed by atoms with Crippen LogP contribution in [0.15, 0.2) is 24.3 Å². The van der Waals surface area contributed by atoms with Crippen LogP contribution in [0.2, 0.25) is 0 Å². The number of amides is 2. The zero-order valence-electron chi connectivity index (χ0n) is 12.3. The van der Waals surface area contributed by atoms with Gasteiger partial charge >= 0.3 is 0 Å². The molecule has 1 fully saturated rings. The maximum Gasteiger partial charge on any atom is 0.242 e. The molecular weight excluding hydrogens is 326 g/mol. The number of hydrogen-bond acceptors (Lipinski definition) is 5. The summed E-state index contributed by atoms with van der Waals surface area (Å²) in [6.07, 6.45) is 0.319. The van der Waals surface area contributed by atoms with Crippen LogP contribution in [-0.4, -0.2) is 43.1 Å². The number of ether oxygens (including phenoxy) is 1. The number of anilines is 1. The summed E-state index contributed by atoms with van der Waals surface area (Å²) in [5.74, 6) is 2.21. The molecule has 0 aromatic heterocycles. The van der Waals surface area contributed by atoms with E-state index >= 15 is 0 Å². The monoisotopic (exact) mass is 345 g/mol. The van der Waals surface area contributed by atoms with E-state index in [9.17, 15) is 9.59 Å². The summed E-state index contributed by atoms with van der Waals surface area (Å²) in [6.45, 7) is 0.328. The lowest BCUT2D eigenvalue weighted by Gasteiger charge is -2.11. The molecule has 6 nitrogen and oxygen atoms in total. The molecule has 1 saturated heterocycles. The van der Waals surface area contributed by atoms with Crippen LogP contribution < -0.4 is 20.7 Å². The summed E-state index contributed by atoms with van der Waals surface area (Å²) < 4.78 is 5.45. The number of benzene rings is 1. The van der Waals surface area contributed by atoms with Gasteiger partial charge in [0.2, 0.25) is 11.8 Å². The van der Waals surface area contributed by atoms with Crippen molar-refractivity contribution in [3.05, 3.63) is 24.3 Å². The highest BCUT2D eigenvalue weighted by Gasteiger charge is 2.22. The summed E-state index contributed by atoms with van der Waals surface area (Å²) >= 11 is 1.71. The second-order valence-corrected chi connectivity index (χ2v) is 5.59. The Kier molecular flexibility index (Phi) is 8.08. The molecule has 2 amide bonds. The fourth-order valence-electron chi connectivity index (χ4n) is 1.81. The second-order valence-electron chi connectivity index (χ2n) is 4.56. The fourth-order valence-corrected chi connectivity index (χ4v) is 2.76. The zero-order chi connectivity index (χ0) is 15.1. The molecule has 1 heterocycles. The van der Waals surface area contributed by atoms with E-state index in [0.717, 1.165) is 17.3 Å². The van der Waals surface area contributed by atoms with Crippen molar-refractivity contribution in [1.29, 1.82) is 0 Å². The van der Waals surface area contributed by atoms with Crippen LogP contribution in [0.1, 0.15) is 6.42 Å². The van der Waals surface area contributed by atoms with E-state index in [0.29, 0.717) is 18.8 Å². The Hall–Kier alpha value is -1.44. The van der Waals surface area contributed by atoms with Gasteiger partial charge in [-0.05, 0) is 24.3 Å². The Bertz CT molecular complexity index is 493. The van der Waals surface area contributed by atoms with Crippen molar-refractivity contribution in [1.82, 2.24) is 10.6 Å². The summed E-state index contributed by atoms with van der Waals surface area (Å²) in [6, 6.07) is 7.00. The maximum absolute atomic E-state index is 11.9. The van der Waals surface area contributed by atoms with E-state index < -0.39 is 0 Å². The van der Waals surface area contributed by atoms with E-state index in [4.69, 9.17) is 4.74 Å². The summed E-state index contributed by atoms with van der Waals surface area (Å²) in [5, 5.41) is 8.52. The first-order chi connectivity index (χ1) is 10.2. The van der Waals surface area contributed by atoms with E-state index in [1.807, 2.05) is 0 Å². The van der Waals surface area contributed by atoms with Crippen LogP contribution in [0.5, 0.6) is 5.75 Å². The van der Waals surface area contributed by atoms with E-state index in [1.54, 1.807) is 43.1 Å². The largest absolute Gasteiger partial charge is 0.493 e. The minimum atomic E-state index is -0.126. The molecule has 0 saturated carbocycles.